The van der Waals surface area contributed by atoms with E-state index in [0.717, 1.165) is 28.7 Å². The van der Waals surface area contributed by atoms with Crippen LogP contribution in [0.2, 0.25) is 0 Å². The number of primary amides is 2. The topological polar surface area (TPSA) is 186 Å². The lowest BCUT2D eigenvalue weighted by Crippen LogP contribution is -2.45. The van der Waals surface area contributed by atoms with Crippen molar-refractivity contribution in [1.82, 2.24) is 30.4 Å². The zero-order valence-corrected chi connectivity index (χ0v) is 23.1. The van der Waals surface area contributed by atoms with E-state index in [1.807, 2.05) is 19.1 Å². The first-order valence-electron chi connectivity index (χ1n) is 13.7. The van der Waals surface area contributed by atoms with Crippen LogP contribution in [-0.2, 0) is 30.1 Å². The Balaban J connectivity index is 1.61. The third kappa shape index (κ3) is 5.16. The van der Waals surface area contributed by atoms with E-state index in [-0.39, 0.29) is 18.5 Å². The summed E-state index contributed by atoms with van der Waals surface area (Å²) in [6, 6.07) is 12.4. The summed E-state index contributed by atoms with van der Waals surface area (Å²) >= 11 is 0. The van der Waals surface area contributed by atoms with Gasteiger partial charge < -0.3 is 21.7 Å². The minimum Gasteiger partial charge on any atom is -0.366 e. The van der Waals surface area contributed by atoms with E-state index in [4.69, 9.17) is 11.5 Å². The van der Waals surface area contributed by atoms with Gasteiger partial charge >= 0.3 is 0 Å². The molecule has 0 spiro atoms. The van der Waals surface area contributed by atoms with Crippen LogP contribution in [0.15, 0.2) is 36.4 Å². The number of aromatic nitrogens is 4. The Morgan fingerprint density at radius 2 is 1.71 bits per heavy atom. The van der Waals surface area contributed by atoms with E-state index < -0.39 is 23.3 Å². The zero-order chi connectivity index (χ0) is 29.3. The summed E-state index contributed by atoms with van der Waals surface area (Å²) in [5.41, 5.74) is 14.7. The summed E-state index contributed by atoms with van der Waals surface area (Å²) in [5, 5.41) is 26.1. The number of tetrazole rings is 1. The van der Waals surface area contributed by atoms with E-state index >= 15 is 0 Å². The van der Waals surface area contributed by atoms with Crippen LogP contribution in [0.25, 0.3) is 0 Å². The van der Waals surface area contributed by atoms with Gasteiger partial charge in [0.2, 0.25) is 17.7 Å². The number of aryl methyl sites for hydroxylation is 3. The molecule has 41 heavy (non-hydrogen) atoms. The molecule has 2 atom stereocenters. The number of carbonyl (C=O) groups is 3. The molecular weight excluding hydrogens is 522 g/mol. The summed E-state index contributed by atoms with van der Waals surface area (Å²) in [6.07, 6.45) is 3.10. The van der Waals surface area contributed by atoms with Crippen molar-refractivity contribution >= 4 is 17.7 Å². The number of nitrogens with one attached hydrogen (secondary N) is 1. The molecule has 1 aromatic heterocycles. The highest BCUT2D eigenvalue weighted by Crippen LogP contribution is 2.47. The van der Waals surface area contributed by atoms with Crippen molar-refractivity contribution in [3.8, 4) is 6.07 Å². The van der Waals surface area contributed by atoms with E-state index in [9.17, 15) is 19.6 Å². The van der Waals surface area contributed by atoms with Crippen LogP contribution in [0.5, 0.6) is 0 Å². The molecule has 212 valence electrons. The fraction of sp³-hybridized carbons (Fsp3) is 0.414. The van der Waals surface area contributed by atoms with Gasteiger partial charge in [0.15, 0.2) is 5.82 Å². The Hall–Kier alpha value is -4.63. The van der Waals surface area contributed by atoms with Crippen LogP contribution >= 0.6 is 0 Å². The lowest BCUT2D eigenvalue weighted by Gasteiger charge is -2.36. The average molecular weight is 556 g/mol. The van der Waals surface area contributed by atoms with Gasteiger partial charge in [-0.1, -0.05) is 12.1 Å². The highest BCUT2D eigenvalue weighted by Gasteiger charge is 2.46. The lowest BCUT2D eigenvalue weighted by atomic mass is 9.67. The number of carbonyl (C=O) groups excluding carboxylic acids is 3. The molecule has 5 N–H and O–H groups in total. The molecule has 3 aromatic rings. The number of hydrogen-bond donors (Lipinski definition) is 3. The largest absolute Gasteiger partial charge is 0.366 e. The normalized spacial score (nSPS) is 18.1. The predicted octanol–water partition coefficient (Wildman–Crippen LogP) is 0.724. The Kier molecular flexibility index (Phi) is 7.55. The molecule has 0 unspecified atom stereocenters. The van der Waals surface area contributed by atoms with Crippen molar-refractivity contribution in [2.45, 2.75) is 56.5 Å². The first-order chi connectivity index (χ1) is 19.6. The number of rotatable bonds is 8. The second kappa shape index (κ2) is 11.1. The van der Waals surface area contributed by atoms with Gasteiger partial charge in [-0.05, 0) is 90.8 Å². The molecule has 1 fully saturated rings. The maximum Gasteiger partial charge on any atom is 0.248 e. The molecular formula is C29H33N9O3. The number of amides is 3. The van der Waals surface area contributed by atoms with Crippen molar-refractivity contribution in [3.63, 3.8) is 0 Å². The van der Waals surface area contributed by atoms with Crippen LogP contribution in [0.3, 0.4) is 0 Å². The van der Waals surface area contributed by atoms with Gasteiger partial charge in [-0.3, -0.25) is 14.4 Å². The minimum absolute atomic E-state index is 0.0737. The van der Waals surface area contributed by atoms with Crippen LogP contribution in [0, 0.1) is 11.3 Å². The van der Waals surface area contributed by atoms with Crippen molar-refractivity contribution in [2.75, 3.05) is 13.1 Å². The third-order valence-corrected chi connectivity index (χ3v) is 8.19. The number of likely N-dealkylation sites (tertiary alicyclic amines) is 1. The van der Waals surface area contributed by atoms with E-state index in [2.05, 4.69) is 26.8 Å². The van der Waals surface area contributed by atoms with Gasteiger partial charge in [0, 0.05) is 23.7 Å². The SMILES string of the molecule is C[C@H](CC1(c2nnn(C)n2)c2ccc(C(N)=O)cc2CCc2cc(C(N)=O)ccc21)NCC(=O)N1CCC[C@H]1C#N. The molecule has 0 radical (unpaired) electrons. The Morgan fingerprint density at radius 3 is 2.22 bits per heavy atom. The standard InChI is InChI=1S/C29H33N9O3/c1-17(33-16-25(39)38-11-3-4-22(38)15-30)14-29(28-34-36-37(2)35-28)23-9-7-20(26(31)40)12-18(23)5-6-19-13-21(27(32)41)8-10-24(19)29/h7-10,12-13,17,22,33H,3-6,11,14,16H2,1-2H3,(H2,31,40)(H2,32,41)/t17-,22+/m1/s1. The molecule has 1 aliphatic carbocycles. The fourth-order valence-corrected chi connectivity index (χ4v) is 6.26. The molecule has 0 bridgehead atoms. The summed E-state index contributed by atoms with van der Waals surface area (Å²) in [7, 11) is 1.69. The lowest BCUT2D eigenvalue weighted by molar-refractivity contribution is -0.130. The van der Waals surface area contributed by atoms with Gasteiger partial charge in [0.1, 0.15) is 6.04 Å². The van der Waals surface area contributed by atoms with Gasteiger partial charge in [-0.15, -0.1) is 10.2 Å². The molecule has 0 saturated carbocycles. The average Bonchev–Trinajstić information content (AvgIpc) is 3.60. The van der Waals surface area contributed by atoms with Crippen LogP contribution < -0.4 is 16.8 Å². The van der Waals surface area contributed by atoms with E-state index in [0.29, 0.717) is 49.2 Å². The first-order valence-corrected chi connectivity index (χ1v) is 13.7. The predicted molar refractivity (Wildman–Crippen MR) is 148 cm³/mol. The van der Waals surface area contributed by atoms with Crippen molar-refractivity contribution in [3.05, 3.63) is 75.6 Å². The number of nitriles is 1. The summed E-state index contributed by atoms with van der Waals surface area (Å²) in [6.45, 7) is 2.63. The van der Waals surface area contributed by atoms with Crippen molar-refractivity contribution in [2.24, 2.45) is 18.5 Å². The second-order valence-corrected chi connectivity index (χ2v) is 10.8. The number of hydrogen-bond acceptors (Lipinski definition) is 8. The summed E-state index contributed by atoms with van der Waals surface area (Å²) < 4.78 is 0. The molecule has 2 heterocycles. The van der Waals surface area contributed by atoms with Gasteiger partial charge in [0.25, 0.3) is 0 Å². The number of benzene rings is 2. The van der Waals surface area contributed by atoms with Crippen LogP contribution in [0.1, 0.15) is 75.0 Å². The number of nitrogens with zero attached hydrogens (tertiary/aromatic N) is 6. The fourth-order valence-electron chi connectivity index (χ4n) is 6.26. The quantitative estimate of drug-likeness (QED) is 0.363. The van der Waals surface area contributed by atoms with Gasteiger partial charge in [-0.2, -0.15) is 10.1 Å². The zero-order valence-electron chi connectivity index (χ0n) is 23.1. The van der Waals surface area contributed by atoms with Gasteiger partial charge in [0.05, 0.1) is 25.1 Å². The maximum absolute atomic E-state index is 13.0. The highest BCUT2D eigenvalue weighted by atomic mass is 16.2. The third-order valence-electron chi connectivity index (χ3n) is 8.19. The number of fused-ring (bicyclic) bond motifs is 2. The Labute approximate surface area is 237 Å². The molecule has 3 amide bonds. The summed E-state index contributed by atoms with van der Waals surface area (Å²) in [4.78, 5) is 40.2. The Morgan fingerprint density at radius 1 is 1.10 bits per heavy atom. The second-order valence-electron chi connectivity index (χ2n) is 10.8. The number of nitrogens with two attached hydrogens (primary N) is 2. The van der Waals surface area contributed by atoms with Gasteiger partial charge in [-0.25, -0.2) is 0 Å². The minimum atomic E-state index is -0.944. The van der Waals surface area contributed by atoms with Crippen molar-refractivity contribution < 1.29 is 14.4 Å². The Bertz CT molecular complexity index is 1490. The molecule has 2 aliphatic rings. The molecule has 12 nitrogen and oxygen atoms in total. The smallest absolute Gasteiger partial charge is 0.248 e. The molecule has 12 heteroatoms. The first kappa shape index (κ1) is 27.9. The monoisotopic (exact) mass is 555 g/mol. The van der Waals surface area contributed by atoms with Crippen molar-refractivity contribution in [1.29, 1.82) is 5.26 Å². The molecule has 1 saturated heterocycles. The molecule has 5 rings (SSSR count). The maximum atomic E-state index is 13.0. The van der Waals surface area contributed by atoms with Crippen LogP contribution in [0.4, 0.5) is 0 Å². The van der Waals surface area contributed by atoms with E-state index in [1.165, 1.54) is 4.80 Å². The van der Waals surface area contributed by atoms with E-state index in [1.54, 1.807) is 36.2 Å². The molecule has 1 aliphatic heterocycles. The molecule has 2 aromatic carbocycles. The van der Waals surface area contributed by atoms with Crippen LogP contribution in [-0.4, -0.2) is 68.0 Å². The highest BCUT2D eigenvalue weighted by molar-refractivity contribution is 5.94. The summed E-state index contributed by atoms with van der Waals surface area (Å²) in [5.74, 6) is -0.724.